The van der Waals surface area contributed by atoms with Crippen molar-refractivity contribution in [2.45, 2.75) is 40.0 Å². The van der Waals surface area contributed by atoms with E-state index < -0.39 is 5.97 Å². The van der Waals surface area contributed by atoms with E-state index in [0.29, 0.717) is 34.0 Å². The van der Waals surface area contributed by atoms with Gasteiger partial charge in [-0.3, -0.25) is 9.78 Å². The van der Waals surface area contributed by atoms with E-state index in [9.17, 15) is 9.90 Å². The number of rotatable bonds is 7. The monoisotopic (exact) mass is 489 g/mol. The molecule has 9 heteroatoms. The summed E-state index contributed by atoms with van der Waals surface area (Å²) in [4.78, 5) is 22.0. The average molecular weight is 490 g/mol. The van der Waals surface area contributed by atoms with E-state index >= 15 is 0 Å². The predicted octanol–water partition coefficient (Wildman–Crippen LogP) is 5.87. The number of carbonyl (C=O) groups excluding carboxylic acids is 1. The van der Waals surface area contributed by atoms with Gasteiger partial charge in [-0.15, -0.1) is 15.0 Å². The zero-order chi connectivity index (χ0) is 26.0. The first-order chi connectivity index (χ1) is 17.0. The van der Waals surface area contributed by atoms with E-state index in [-0.39, 0.29) is 16.7 Å². The van der Waals surface area contributed by atoms with Gasteiger partial charge in [0.15, 0.2) is 5.75 Å². The molecule has 0 radical (unpaired) electrons. The lowest BCUT2D eigenvalue weighted by molar-refractivity contribution is -0.435. The second kappa shape index (κ2) is 9.71. The second-order valence-electron chi connectivity index (χ2n) is 9.45. The Balaban J connectivity index is 1.50. The third-order valence-electron chi connectivity index (χ3n) is 5.26. The number of ether oxygens (including phenoxy) is 1. The summed E-state index contributed by atoms with van der Waals surface area (Å²) in [7, 11) is 0. The van der Waals surface area contributed by atoms with E-state index in [1.807, 2.05) is 39.8 Å². The fourth-order valence-corrected chi connectivity index (χ4v) is 3.41. The lowest BCUT2D eigenvalue weighted by atomic mass is 9.85. The summed E-state index contributed by atoms with van der Waals surface area (Å²) in [5.74, 6) is 0.834. The van der Waals surface area contributed by atoms with Gasteiger partial charge < -0.3 is 9.84 Å². The van der Waals surface area contributed by atoms with Crippen LogP contribution in [0.1, 0.15) is 38.8 Å². The summed E-state index contributed by atoms with van der Waals surface area (Å²) < 4.78 is 5.92. The van der Waals surface area contributed by atoms with Crippen molar-refractivity contribution < 1.29 is 29.5 Å². The number of carbonyl (C=O) groups is 1. The number of phenolic OH excluding ortho intramolecular Hbond substituents is 1. The highest BCUT2D eigenvalue weighted by atomic mass is 17.5. The number of aromatic hydroxyl groups is 1. The maximum atomic E-state index is 11.3. The highest BCUT2D eigenvalue weighted by Gasteiger charge is 2.22. The molecule has 4 aromatic rings. The van der Waals surface area contributed by atoms with Crippen molar-refractivity contribution in [3.05, 3.63) is 77.9 Å². The van der Waals surface area contributed by atoms with Crippen LogP contribution in [-0.2, 0) is 20.1 Å². The first-order valence-electron chi connectivity index (χ1n) is 11.2. The van der Waals surface area contributed by atoms with Crippen LogP contribution >= 0.6 is 0 Å². The van der Waals surface area contributed by atoms with Crippen molar-refractivity contribution in [1.82, 2.24) is 15.0 Å². The summed E-state index contributed by atoms with van der Waals surface area (Å²) in [5, 5.41) is 24.5. The molecular formula is C27H27N3O6. The van der Waals surface area contributed by atoms with Crippen LogP contribution in [0.15, 0.2) is 66.7 Å². The maximum absolute atomic E-state index is 11.3. The molecule has 36 heavy (non-hydrogen) atoms. The summed E-state index contributed by atoms with van der Waals surface area (Å²) in [6.45, 7) is 13.1. The minimum Gasteiger partial charge on any atom is -0.505 e. The molecule has 0 bridgehead atoms. The Labute approximate surface area is 208 Å². The van der Waals surface area contributed by atoms with Crippen molar-refractivity contribution in [1.29, 1.82) is 0 Å². The highest BCUT2D eigenvalue weighted by Crippen LogP contribution is 2.36. The third-order valence-corrected chi connectivity index (χ3v) is 5.26. The van der Waals surface area contributed by atoms with Crippen LogP contribution in [0.25, 0.3) is 16.7 Å². The number of hydrogen-bond donors (Lipinski definition) is 1. The van der Waals surface area contributed by atoms with Crippen molar-refractivity contribution in [3.63, 3.8) is 0 Å². The van der Waals surface area contributed by atoms with Gasteiger partial charge in [0, 0.05) is 22.2 Å². The largest absolute Gasteiger partial charge is 0.505 e. The maximum Gasteiger partial charge on any atom is 0.372 e. The third kappa shape index (κ3) is 5.47. The van der Waals surface area contributed by atoms with Crippen LogP contribution in [0, 0.1) is 6.92 Å². The molecule has 0 aliphatic carbocycles. The molecule has 0 unspecified atom stereocenters. The quantitative estimate of drug-likeness (QED) is 0.195. The zero-order valence-electron chi connectivity index (χ0n) is 20.7. The number of phenols is 1. The molecule has 1 aromatic heterocycles. The smallest absolute Gasteiger partial charge is 0.372 e. The van der Waals surface area contributed by atoms with E-state index in [1.165, 1.54) is 11.7 Å². The van der Waals surface area contributed by atoms with Crippen LogP contribution < -0.4 is 9.62 Å². The van der Waals surface area contributed by atoms with E-state index in [1.54, 1.807) is 42.5 Å². The lowest BCUT2D eigenvalue weighted by Gasteiger charge is -2.22. The second-order valence-corrected chi connectivity index (χ2v) is 9.45. The minimum absolute atomic E-state index is 0.158. The van der Waals surface area contributed by atoms with Gasteiger partial charge in [0.2, 0.25) is 0 Å². The normalized spacial score (nSPS) is 11.4. The fraction of sp³-hybridized carbons (Fsp3) is 0.222. The molecule has 0 spiro atoms. The standard InChI is InChI=1S/C27H27N3O6/c1-16(2)26(32)35-36-34-19-9-7-18(8-10-19)33-20-11-12-22-23(15-20)29-30(28-22)24-14-17(3)13-21(25(24)31)27(4,5)6/h7-15,31H,1H2,2-6H3. The Hall–Kier alpha value is -4.37. The minimum atomic E-state index is -0.727. The first-order valence-corrected chi connectivity index (χ1v) is 11.2. The Morgan fingerprint density at radius 3 is 2.25 bits per heavy atom. The Morgan fingerprint density at radius 2 is 1.58 bits per heavy atom. The number of aryl methyl sites for hydroxylation is 1. The van der Waals surface area contributed by atoms with Gasteiger partial charge in [-0.05, 0) is 67.3 Å². The van der Waals surface area contributed by atoms with Crippen molar-refractivity contribution in [2.75, 3.05) is 0 Å². The van der Waals surface area contributed by atoms with Gasteiger partial charge in [0.05, 0.1) is 0 Å². The summed E-state index contributed by atoms with van der Waals surface area (Å²) in [5.41, 5.74) is 3.57. The number of benzene rings is 3. The van der Waals surface area contributed by atoms with Crippen molar-refractivity contribution in [2.24, 2.45) is 0 Å². The van der Waals surface area contributed by atoms with Gasteiger partial charge in [-0.1, -0.05) is 33.4 Å². The topological polar surface area (TPSA) is 105 Å². The van der Waals surface area contributed by atoms with Crippen LogP contribution in [0.5, 0.6) is 23.0 Å². The summed E-state index contributed by atoms with van der Waals surface area (Å²) >= 11 is 0. The summed E-state index contributed by atoms with van der Waals surface area (Å²) in [6.07, 6.45) is 0. The first kappa shape index (κ1) is 24.7. The molecule has 0 amide bonds. The lowest BCUT2D eigenvalue weighted by Crippen LogP contribution is -2.13. The fourth-order valence-electron chi connectivity index (χ4n) is 3.41. The molecule has 0 atom stereocenters. The Bertz CT molecular complexity index is 1430. The molecule has 0 aliphatic heterocycles. The summed E-state index contributed by atoms with van der Waals surface area (Å²) in [6, 6.07) is 15.7. The number of fused-ring (bicyclic) bond motifs is 1. The van der Waals surface area contributed by atoms with Gasteiger partial charge in [-0.25, -0.2) is 4.79 Å². The number of nitrogens with zero attached hydrogens (tertiary/aromatic N) is 3. The average Bonchev–Trinajstić information content (AvgIpc) is 3.24. The van der Waals surface area contributed by atoms with Gasteiger partial charge >= 0.3 is 5.97 Å². The van der Waals surface area contributed by atoms with Crippen LogP contribution in [0.3, 0.4) is 0 Å². The molecule has 1 heterocycles. The number of aromatic nitrogens is 3. The molecular weight excluding hydrogens is 462 g/mol. The predicted molar refractivity (Wildman–Crippen MR) is 133 cm³/mol. The molecule has 186 valence electrons. The van der Waals surface area contributed by atoms with Crippen molar-refractivity contribution in [3.8, 4) is 28.7 Å². The van der Waals surface area contributed by atoms with Crippen LogP contribution in [0.2, 0.25) is 0 Å². The molecule has 0 aliphatic rings. The molecule has 0 saturated carbocycles. The SMILES string of the molecule is C=C(C)C(=O)OOOc1ccc(Oc2ccc3nn(-c4cc(C)cc(C(C)(C)C)c4O)nc3c2)cc1. The Kier molecular flexibility index (Phi) is 6.67. The van der Waals surface area contributed by atoms with Gasteiger partial charge in [0.1, 0.15) is 34.0 Å². The van der Waals surface area contributed by atoms with E-state index in [4.69, 9.17) is 9.62 Å². The van der Waals surface area contributed by atoms with E-state index in [0.717, 1.165) is 11.1 Å². The molecule has 3 aromatic carbocycles. The highest BCUT2D eigenvalue weighted by molar-refractivity contribution is 5.86. The van der Waals surface area contributed by atoms with E-state index in [2.05, 4.69) is 26.7 Å². The molecule has 0 fully saturated rings. The molecule has 1 N–H and O–H groups in total. The van der Waals surface area contributed by atoms with Gasteiger partial charge in [-0.2, -0.15) is 0 Å². The molecule has 9 nitrogen and oxygen atoms in total. The van der Waals surface area contributed by atoms with Crippen molar-refractivity contribution >= 4 is 17.0 Å². The molecule has 0 saturated heterocycles. The zero-order valence-corrected chi connectivity index (χ0v) is 20.7. The molecule has 4 rings (SSSR count). The number of hydrogen-bond acceptors (Lipinski definition) is 8. The van der Waals surface area contributed by atoms with Gasteiger partial charge in [0.25, 0.3) is 0 Å². The van der Waals surface area contributed by atoms with Crippen LogP contribution in [-0.4, -0.2) is 26.1 Å². The van der Waals surface area contributed by atoms with Crippen LogP contribution in [0.4, 0.5) is 0 Å². The Morgan fingerprint density at radius 1 is 0.944 bits per heavy atom.